The van der Waals surface area contributed by atoms with Crippen molar-refractivity contribution in [2.45, 2.75) is 6.04 Å². The van der Waals surface area contributed by atoms with E-state index in [-0.39, 0.29) is 11.9 Å². The first-order valence-electron chi connectivity index (χ1n) is 10.6. The molecule has 4 rings (SSSR count). The van der Waals surface area contributed by atoms with Crippen molar-refractivity contribution in [1.29, 1.82) is 0 Å². The molecule has 160 valence electrons. The van der Waals surface area contributed by atoms with Crippen LogP contribution in [0.2, 0.25) is 5.02 Å². The molecule has 2 aromatic carbocycles. The van der Waals surface area contributed by atoms with E-state index in [4.69, 9.17) is 11.6 Å². The van der Waals surface area contributed by atoms with Crippen molar-refractivity contribution >= 4 is 23.3 Å². The molecule has 0 bridgehead atoms. The van der Waals surface area contributed by atoms with Crippen molar-refractivity contribution in [2.24, 2.45) is 0 Å². The molecule has 5 nitrogen and oxygen atoms in total. The minimum Gasteiger partial charge on any atom is -0.354 e. The van der Waals surface area contributed by atoms with E-state index in [0.717, 1.165) is 43.1 Å². The fraction of sp³-hybridized carbons (Fsp3) is 0.280. The van der Waals surface area contributed by atoms with Gasteiger partial charge >= 0.3 is 0 Å². The number of benzene rings is 2. The van der Waals surface area contributed by atoms with Crippen molar-refractivity contribution in [3.63, 3.8) is 0 Å². The summed E-state index contributed by atoms with van der Waals surface area (Å²) in [7, 11) is 1.90. The van der Waals surface area contributed by atoms with Crippen LogP contribution < -0.4 is 4.90 Å². The van der Waals surface area contributed by atoms with Gasteiger partial charge in [0.25, 0.3) is 0 Å². The van der Waals surface area contributed by atoms with Gasteiger partial charge in [-0.3, -0.25) is 9.69 Å². The maximum atomic E-state index is 13.2. The lowest BCUT2D eigenvalue weighted by atomic mass is 9.97. The van der Waals surface area contributed by atoms with Gasteiger partial charge in [-0.2, -0.15) is 0 Å². The number of rotatable bonds is 6. The van der Waals surface area contributed by atoms with Gasteiger partial charge in [-0.25, -0.2) is 4.98 Å². The highest BCUT2D eigenvalue weighted by atomic mass is 35.5. The summed E-state index contributed by atoms with van der Waals surface area (Å²) in [6.45, 7) is 3.74. The van der Waals surface area contributed by atoms with Crippen LogP contribution >= 0.6 is 11.6 Å². The number of likely N-dealkylation sites (N-methyl/N-ethyl adjacent to an activating group) is 1. The number of carbonyl (C=O) groups excluding carboxylic acids is 1. The zero-order chi connectivity index (χ0) is 21.6. The maximum Gasteiger partial charge on any atom is 0.237 e. The number of piperazine rings is 1. The summed E-state index contributed by atoms with van der Waals surface area (Å²) in [6.07, 6.45) is 1.68. The van der Waals surface area contributed by atoms with E-state index in [2.05, 4.69) is 39.0 Å². The molecule has 0 aliphatic carbocycles. The second kappa shape index (κ2) is 9.94. The minimum atomic E-state index is -0.102. The van der Waals surface area contributed by atoms with Gasteiger partial charge in [-0.1, -0.05) is 72.3 Å². The highest BCUT2D eigenvalue weighted by Gasteiger charge is 2.26. The molecule has 3 aromatic rings. The van der Waals surface area contributed by atoms with Gasteiger partial charge < -0.3 is 9.80 Å². The molecule has 1 amide bonds. The molecule has 6 heteroatoms. The number of hydrogen-bond donors (Lipinski definition) is 0. The first kappa shape index (κ1) is 21.3. The number of amides is 1. The second-order valence-corrected chi connectivity index (χ2v) is 8.26. The monoisotopic (exact) mass is 434 g/mol. The van der Waals surface area contributed by atoms with Crippen molar-refractivity contribution in [3.05, 3.63) is 95.1 Å². The van der Waals surface area contributed by atoms with Crippen LogP contribution in [0.1, 0.15) is 17.2 Å². The van der Waals surface area contributed by atoms with Gasteiger partial charge in [0.2, 0.25) is 5.91 Å². The summed E-state index contributed by atoms with van der Waals surface area (Å²) in [4.78, 5) is 24.0. The Kier molecular flexibility index (Phi) is 6.85. The van der Waals surface area contributed by atoms with Crippen molar-refractivity contribution < 1.29 is 4.79 Å². The van der Waals surface area contributed by atoms with E-state index in [1.807, 2.05) is 60.5 Å². The van der Waals surface area contributed by atoms with Crippen LogP contribution in [0.3, 0.4) is 0 Å². The van der Waals surface area contributed by atoms with Gasteiger partial charge in [-0.15, -0.1) is 0 Å². The summed E-state index contributed by atoms with van der Waals surface area (Å²) in [5, 5.41) is 0.641. The lowest BCUT2D eigenvalue weighted by molar-refractivity contribution is -0.132. The van der Waals surface area contributed by atoms with Crippen LogP contribution in [0, 0.1) is 0 Å². The largest absolute Gasteiger partial charge is 0.354 e. The molecular formula is C25H27ClN4O. The first-order chi connectivity index (χ1) is 15.1. The van der Waals surface area contributed by atoms with Crippen molar-refractivity contribution in [3.8, 4) is 0 Å². The van der Waals surface area contributed by atoms with Crippen LogP contribution in [0.4, 0.5) is 5.82 Å². The van der Waals surface area contributed by atoms with E-state index in [0.29, 0.717) is 11.6 Å². The van der Waals surface area contributed by atoms with E-state index in [1.165, 1.54) is 0 Å². The quantitative estimate of drug-likeness (QED) is 0.585. The Hall–Kier alpha value is -2.89. The number of hydrogen-bond acceptors (Lipinski definition) is 4. The molecule has 1 fully saturated rings. The zero-order valence-corrected chi connectivity index (χ0v) is 18.4. The molecule has 0 spiro atoms. The zero-order valence-electron chi connectivity index (χ0n) is 17.7. The fourth-order valence-corrected chi connectivity index (χ4v) is 4.16. The maximum absolute atomic E-state index is 13.2. The molecule has 0 radical (unpaired) electrons. The predicted molar refractivity (Wildman–Crippen MR) is 125 cm³/mol. The Morgan fingerprint density at radius 3 is 2.03 bits per heavy atom. The highest BCUT2D eigenvalue weighted by molar-refractivity contribution is 6.30. The summed E-state index contributed by atoms with van der Waals surface area (Å²) >= 11 is 5.94. The van der Waals surface area contributed by atoms with Crippen molar-refractivity contribution in [1.82, 2.24) is 14.8 Å². The van der Waals surface area contributed by atoms with E-state index in [1.54, 1.807) is 6.20 Å². The molecule has 1 aromatic heterocycles. The third-order valence-electron chi connectivity index (χ3n) is 5.78. The Labute approximate surface area is 188 Å². The van der Waals surface area contributed by atoms with Crippen molar-refractivity contribution in [2.75, 3.05) is 44.7 Å². The molecular weight excluding hydrogens is 408 g/mol. The van der Waals surface area contributed by atoms with Crippen LogP contribution in [0.15, 0.2) is 79.0 Å². The number of anilines is 1. The van der Waals surface area contributed by atoms with Crippen LogP contribution in [0.5, 0.6) is 0 Å². The number of halogens is 1. The van der Waals surface area contributed by atoms with E-state index in [9.17, 15) is 4.79 Å². The molecule has 0 N–H and O–H groups in total. The Morgan fingerprint density at radius 1 is 0.935 bits per heavy atom. The Morgan fingerprint density at radius 2 is 1.52 bits per heavy atom. The molecule has 1 aliphatic heterocycles. The summed E-state index contributed by atoms with van der Waals surface area (Å²) < 4.78 is 0. The van der Waals surface area contributed by atoms with Gasteiger partial charge in [0.1, 0.15) is 5.82 Å². The van der Waals surface area contributed by atoms with Gasteiger partial charge in [-0.05, 0) is 23.3 Å². The molecule has 1 aliphatic rings. The standard InChI is InChI=1S/C25H27ClN4O/c1-28(25(20-8-4-2-5-9-20)21-10-6-3-7-11-21)24(31)19-29-14-16-30(17-15-29)23-13-12-22(26)18-27-23/h2-13,18,25H,14-17,19H2,1H3. The smallest absolute Gasteiger partial charge is 0.237 e. The average Bonchev–Trinajstić information content (AvgIpc) is 2.82. The molecule has 2 heterocycles. The number of carbonyl (C=O) groups is 1. The highest BCUT2D eigenvalue weighted by Crippen LogP contribution is 2.27. The number of aromatic nitrogens is 1. The minimum absolute atomic E-state index is 0.102. The van der Waals surface area contributed by atoms with Crippen LogP contribution in [0.25, 0.3) is 0 Å². The molecule has 0 saturated carbocycles. The average molecular weight is 435 g/mol. The summed E-state index contributed by atoms with van der Waals surface area (Å²) in [5.74, 6) is 1.05. The second-order valence-electron chi connectivity index (χ2n) is 7.83. The molecule has 0 unspecified atom stereocenters. The Bertz CT molecular complexity index is 934. The normalized spacial score (nSPS) is 14.6. The third kappa shape index (κ3) is 5.24. The van der Waals surface area contributed by atoms with Gasteiger partial charge in [0.15, 0.2) is 0 Å². The van der Waals surface area contributed by atoms with Crippen LogP contribution in [-0.4, -0.2) is 60.5 Å². The lowest BCUT2D eigenvalue weighted by Gasteiger charge is -2.36. The number of nitrogens with zero attached hydrogens (tertiary/aromatic N) is 4. The molecule has 31 heavy (non-hydrogen) atoms. The predicted octanol–water partition coefficient (Wildman–Crippen LogP) is 4.11. The Balaban J connectivity index is 1.41. The summed E-state index contributed by atoms with van der Waals surface area (Å²) in [6, 6.07) is 24.1. The third-order valence-corrected chi connectivity index (χ3v) is 6.00. The van der Waals surface area contributed by atoms with Gasteiger partial charge in [0, 0.05) is 39.4 Å². The first-order valence-corrected chi connectivity index (χ1v) is 10.9. The van der Waals surface area contributed by atoms with E-state index >= 15 is 0 Å². The SMILES string of the molecule is CN(C(=O)CN1CCN(c2ccc(Cl)cn2)CC1)C(c1ccccc1)c1ccccc1. The summed E-state index contributed by atoms with van der Waals surface area (Å²) in [5.41, 5.74) is 2.23. The van der Waals surface area contributed by atoms with Crippen LogP contribution in [-0.2, 0) is 4.79 Å². The topological polar surface area (TPSA) is 39.7 Å². The fourth-order valence-electron chi connectivity index (χ4n) is 4.05. The van der Waals surface area contributed by atoms with E-state index < -0.39 is 0 Å². The molecule has 1 saturated heterocycles. The molecule has 0 atom stereocenters. The lowest BCUT2D eigenvalue weighted by Crippen LogP contribution is -2.50. The van der Waals surface area contributed by atoms with Gasteiger partial charge in [0.05, 0.1) is 17.6 Å². The number of pyridine rings is 1.